The normalized spacial score (nSPS) is 13.8. The maximum Gasteiger partial charge on any atom is 0.110 e. The highest BCUT2D eigenvalue weighted by Gasteiger charge is 2.35. The van der Waals surface area contributed by atoms with E-state index < -0.39 is 0 Å². The average molecular weight is 253 g/mol. The number of ether oxygens (including phenoxy) is 1. The second-order valence-electron chi connectivity index (χ2n) is 4.65. The predicted octanol–water partition coefficient (Wildman–Crippen LogP) is 2.24. The van der Waals surface area contributed by atoms with Crippen molar-refractivity contribution in [2.45, 2.75) is 58.2 Å². The molecule has 0 spiro atoms. The lowest BCUT2D eigenvalue weighted by molar-refractivity contribution is -0.0460. The molecule has 4 nitrogen and oxygen atoms in total. The van der Waals surface area contributed by atoms with Gasteiger partial charge in [0, 0.05) is 38.5 Å². The lowest BCUT2D eigenvalue weighted by atomic mass is 9.86. The van der Waals surface area contributed by atoms with Crippen molar-refractivity contribution in [3.05, 3.63) is 18.2 Å². The highest BCUT2D eigenvalue weighted by molar-refractivity contribution is 5.01. The lowest BCUT2D eigenvalue weighted by Crippen LogP contribution is -2.51. The topological polar surface area (TPSA) is 39.1 Å². The molecular formula is C14H27N3O. The van der Waals surface area contributed by atoms with Crippen LogP contribution in [0.2, 0.25) is 0 Å². The van der Waals surface area contributed by atoms with Gasteiger partial charge in [-0.05, 0) is 26.8 Å². The van der Waals surface area contributed by atoms with Gasteiger partial charge in [0.2, 0.25) is 0 Å². The van der Waals surface area contributed by atoms with Crippen LogP contribution in [0.1, 0.15) is 39.4 Å². The largest absolute Gasteiger partial charge is 0.377 e. The second-order valence-corrected chi connectivity index (χ2v) is 4.65. The van der Waals surface area contributed by atoms with Crippen LogP contribution < -0.4 is 5.32 Å². The summed E-state index contributed by atoms with van der Waals surface area (Å²) in [7, 11) is 3.81. The summed E-state index contributed by atoms with van der Waals surface area (Å²) in [6.45, 7) is 7.47. The zero-order valence-electron chi connectivity index (χ0n) is 12.4. The number of imidazole rings is 1. The Morgan fingerprint density at radius 1 is 1.39 bits per heavy atom. The first-order valence-electron chi connectivity index (χ1n) is 6.89. The maximum atomic E-state index is 5.81. The minimum absolute atomic E-state index is 0.112. The van der Waals surface area contributed by atoms with Gasteiger partial charge < -0.3 is 14.6 Å². The smallest absolute Gasteiger partial charge is 0.110 e. The third-order valence-electron chi connectivity index (χ3n) is 4.12. The molecule has 0 aliphatic carbocycles. The van der Waals surface area contributed by atoms with Crippen LogP contribution in [0.5, 0.6) is 0 Å². The Hall–Kier alpha value is -0.870. The predicted molar refractivity (Wildman–Crippen MR) is 74.8 cm³/mol. The van der Waals surface area contributed by atoms with Gasteiger partial charge in [-0.2, -0.15) is 0 Å². The van der Waals surface area contributed by atoms with Gasteiger partial charge in [0.25, 0.3) is 0 Å². The van der Waals surface area contributed by atoms with Crippen molar-refractivity contribution in [1.82, 2.24) is 14.9 Å². The van der Waals surface area contributed by atoms with E-state index in [9.17, 15) is 0 Å². The van der Waals surface area contributed by atoms with E-state index in [1.54, 1.807) is 0 Å². The van der Waals surface area contributed by atoms with Crippen LogP contribution in [0.15, 0.2) is 12.4 Å². The van der Waals surface area contributed by atoms with Crippen molar-refractivity contribution >= 4 is 0 Å². The van der Waals surface area contributed by atoms with Crippen LogP contribution in [-0.4, -0.2) is 35.4 Å². The second kappa shape index (κ2) is 6.90. The van der Waals surface area contributed by atoms with Crippen LogP contribution in [-0.2, 0) is 17.7 Å². The molecule has 0 aromatic carbocycles. The van der Waals surface area contributed by atoms with E-state index in [1.807, 2.05) is 26.6 Å². The van der Waals surface area contributed by atoms with Crippen LogP contribution in [0.25, 0.3) is 0 Å². The van der Waals surface area contributed by atoms with Gasteiger partial charge in [-0.3, -0.25) is 0 Å². The Kier molecular flexibility index (Phi) is 5.82. The van der Waals surface area contributed by atoms with Gasteiger partial charge in [0.15, 0.2) is 0 Å². The molecule has 0 amide bonds. The molecule has 0 saturated heterocycles. The number of aryl methyl sites for hydroxylation is 1. The number of aromatic nitrogens is 2. The molecule has 0 saturated carbocycles. The highest BCUT2D eigenvalue weighted by Crippen LogP contribution is 2.26. The van der Waals surface area contributed by atoms with Crippen molar-refractivity contribution in [2.24, 2.45) is 0 Å². The van der Waals surface area contributed by atoms with Gasteiger partial charge in [0.05, 0.1) is 5.60 Å². The third kappa shape index (κ3) is 2.93. The highest BCUT2D eigenvalue weighted by atomic mass is 16.5. The molecule has 1 unspecified atom stereocenters. The molecule has 0 bridgehead atoms. The van der Waals surface area contributed by atoms with Crippen LogP contribution in [0.3, 0.4) is 0 Å². The number of nitrogens with zero attached hydrogens (tertiary/aromatic N) is 2. The van der Waals surface area contributed by atoms with Crippen molar-refractivity contribution in [1.29, 1.82) is 0 Å². The Morgan fingerprint density at radius 3 is 2.50 bits per heavy atom. The van der Waals surface area contributed by atoms with E-state index in [0.717, 1.165) is 31.6 Å². The number of hydrogen-bond donors (Lipinski definition) is 1. The van der Waals surface area contributed by atoms with E-state index >= 15 is 0 Å². The van der Waals surface area contributed by atoms with E-state index in [0.29, 0.717) is 0 Å². The quantitative estimate of drug-likeness (QED) is 0.772. The first-order valence-corrected chi connectivity index (χ1v) is 6.89. The Labute approximate surface area is 111 Å². The molecule has 1 aromatic heterocycles. The number of nitrogens with one attached hydrogen (secondary N) is 1. The summed E-state index contributed by atoms with van der Waals surface area (Å²) < 4.78 is 8.00. The van der Waals surface area contributed by atoms with Gasteiger partial charge >= 0.3 is 0 Å². The molecule has 1 heterocycles. The number of rotatable bonds is 8. The SMILES string of the molecule is CCn1ccnc1CC(NC)C(CC)(CC)OC. The zero-order valence-corrected chi connectivity index (χ0v) is 12.4. The summed E-state index contributed by atoms with van der Waals surface area (Å²) >= 11 is 0. The molecule has 4 heteroatoms. The summed E-state index contributed by atoms with van der Waals surface area (Å²) in [5.74, 6) is 1.13. The van der Waals surface area contributed by atoms with E-state index in [-0.39, 0.29) is 11.6 Å². The molecule has 1 aromatic rings. The molecule has 0 radical (unpaired) electrons. The Balaban J connectivity index is 2.90. The molecule has 1 N–H and O–H groups in total. The summed E-state index contributed by atoms with van der Waals surface area (Å²) in [6, 6.07) is 0.283. The molecule has 104 valence electrons. The third-order valence-corrected chi connectivity index (χ3v) is 4.12. The van der Waals surface area contributed by atoms with E-state index in [1.165, 1.54) is 0 Å². The fourth-order valence-corrected chi connectivity index (χ4v) is 2.73. The summed E-state index contributed by atoms with van der Waals surface area (Å²) in [4.78, 5) is 4.46. The maximum absolute atomic E-state index is 5.81. The van der Waals surface area contributed by atoms with Crippen molar-refractivity contribution < 1.29 is 4.74 Å². The molecule has 0 aliphatic heterocycles. The van der Waals surface area contributed by atoms with Crippen LogP contribution >= 0.6 is 0 Å². The molecule has 0 fully saturated rings. The van der Waals surface area contributed by atoms with E-state index in [2.05, 4.69) is 35.6 Å². The zero-order chi connectivity index (χ0) is 13.6. The van der Waals surface area contributed by atoms with Crippen LogP contribution in [0, 0.1) is 0 Å². The summed E-state index contributed by atoms with van der Waals surface area (Å²) in [6.07, 6.45) is 6.80. The molecular weight excluding hydrogens is 226 g/mol. The van der Waals surface area contributed by atoms with Crippen molar-refractivity contribution in [3.63, 3.8) is 0 Å². The number of methoxy groups -OCH3 is 1. The van der Waals surface area contributed by atoms with Gasteiger partial charge in [-0.15, -0.1) is 0 Å². The Bertz CT molecular complexity index is 336. The molecule has 1 atom stereocenters. The standard InChI is InChI=1S/C14H27N3O/c1-6-14(7-2,18-5)12(15-4)11-13-16-9-10-17(13)8-3/h9-10,12,15H,6-8,11H2,1-5H3. The van der Waals surface area contributed by atoms with Gasteiger partial charge in [-0.1, -0.05) is 13.8 Å². The molecule has 18 heavy (non-hydrogen) atoms. The minimum atomic E-state index is -0.112. The van der Waals surface area contributed by atoms with Crippen molar-refractivity contribution in [3.8, 4) is 0 Å². The van der Waals surface area contributed by atoms with Gasteiger partial charge in [0.1, 0.15) is 5.82 Å². The lowest BCUT2D eigenvalue weighted by Gasteiger charge is -2.38. The fraction of sp³-hybridized carbons (Fsp3) is 0.786. The molecule has 1 rings (SSSR count). The van der Waals surface area contributed by atoms with E-state index in [4.69, 9.17) is 4.74 Å². The van der Waals surface area contributed by atoms with Crippen LogP contribution in [0.4, 0.5) is 0 Å². The Morgan fingerprint density at radius 2 is 2.06 bits per heavy atom. The number of hydrogen-bond acceptors (Lipinski definition) is 3. The number of likely N-dealkylation sites (N-methyl/N-ethyl adjacent to an activating group) is 1. The molecule has 0 aliphatic rings. The monoisotopic (exact) mass is 253 g/mol. The first kappa shape index (κ1) is 15.2. The van der Waals surface area contributed by atoms with Gasteiger partial charge in [-0.25, -0.2) is 4.98 Å². The first-order chi connectivity index (χ1) is 8.67. The average Bonchev–Trinajstić information content (AvgIpc) is 2.87. The fourth-order valence-electron chi connectivity index (χ4n) is 2.73. The minimum Gasteiger partial charge on any atom is -0.377 e. The van der Waals surface area contributed by atoms with Crippen molar-refractivity contribution in [2.75, 3.05) is 14.2 Å². The summed E-state index contributed by atoms with van der Waals surface area (Å²) in [5, 5.41) is 3.41. The summed E-state index contributed by atoms with van der Waals surface area (Å²) in [5.41, 5.74) is -0.112.